The molecule has 0 unspecified atom stereocenters. The summed E-state index contributed by atoms with van der Waals surface area (Å²) in [5.74, 6) is 1.37. The van der Waals surface area contributed by atoms with Gasteiger partial charge in [0.1, 0.15) is 0 Å². The number of hydrogen-bond donors (Lipinski definition) is 1. The van der Waals surface area contributed by atoms with Crippen LogP contribution in [0.4, 0.5) is 5.69 Å². The fourth-order valence-electron chi connectivity index (χ4n) is 3.70. The smallest absolute Gasteiger partial charge is 0.0640 e. The molecule has 0 saturated heterocycles. The van der Waals surface area contributed by atoms with Gasteiger partial charge in [0.25, 0.3) is 0 Å². The van der Waals surface area contributed by atoms with Gasteiger partial charge in [-0.05, 0) is 31.4 Å². The van der Waals surface area contributed by atoms with E-state index in [0.717, 1.165) is 28.4 Å². The zero-order valence-electron chi connectivity index (χ0n) is 21.7. The molecule has 0 amide bonds. The van der Waals surface area contributed by atoms with Gasteiger partial charge >= 0.3 is 90.3 Å². The van der Waals surface area contributed by atoms with Crippen LogP contribution in [0.15, 0.2) is 42.5 Å². The predicted octanol–water partition coefficient (Wildman–Crippen LogP) is 9.21. The summed E-state index contributed by atoms with van der Waals surface area (Å²) in [6, 6.07) is 14.1. The van der Waals surface area contributed by atoms with Crippen molar-refractivity contribution in [2.24, 2.45) is 5.41 Å². The van der Waals surface area contributed by atoms with Crippen LogP contribution in [0.2, 0.25) is 5.02 Å². The molecular formula is C28H42Cl2NORu-2. The van der Waals surface area contributed by atoms with Gasteiger partial charge in [-0.2, -0.15) is 5.41 Å². The zero-order valence-corrected chi connectivity index (χ0v) is 25.0. The van der Waals surface area contributed by atoms with E-state index in [0.29, 0.717) is 5.92 Å². The van der Waals surface area contributed by atoms with Crippen LogP contribution in [0.5, 0.6) is 5.75 Å². The van der Waals surface area contributed by atoms with Gasteiger partial charge in [-0.3, -0.25) is 0 Å². The van der Waals surface area contributed by atoms with Gasteiger partial charge in [0.2, 0.25) is 0 Å². The van der Waals surface area contributed by atoms with Gasteiger partial charge in [-0.25, -0.2) is 0 Å². The summed E-state index contributed by atoms with van der Waals surface area (Å²) in [4.78, 5) is 0. The first-order valence-electron chi connectivity index (χ1n) is 11.0. The fourth-order valence-corrected chi connectivity index (χ4v) is 5.04. The molecule has 0 radical (unpaired) electrons. The number of hydrogen-bond acceptors (Lipinski definition) is 2. The second-order valence-electron chi connectivity index (χ2n) is 10.1. The molecule has 33 heavy (non-hydrogen) atoms. The molecule has 2 nitrogen and oxygen atoms in total. The predicted molar refractivity (Wildman–Crippen MR) is 147 cm³/mol. The molecule has 0 bridgehead atoms. The maximum absolute atomic E-state index is 6.37. The third-order valence-corrected chi connectivity index (χ3v) is 5.98. The Morgan fingerprint density at radius 3 is 2.15 bits per heavy atom. The molecular weight excluding hydrogens is 538 g/mol. The number of halogens is 2. The Kier molecular flexibility index (Phi) is 14.1. The molecule has 0 heterocycles. The van der Waals surface area contributed by atoms with Gasteiger partial charge in [-0.15, -0.1) is 0 Å². The molecule has 0 aromatic heterocycles. The maximum atomic E-state index is 6.37. The number of anilines is 1. The van der Waals surface area contributed by atoms with E-state index in [4.69, 9.17) is 26.0 Å². The summed E-state index contributed by atoms with van der Waals surface area (Å²) in [5.41, 5.74) is 3.43. The van der Waals surface area contributed by atoms with Crippen molar-refractivity contribution in [3.63, 3.8) is 0 Å². The first kappa shape index (κ1) is 32.1. The zero-order chi connectivity index (χ0) is 24.5. The van der Waals surface area contributed by atoms with E-state index in [1.54, 1.807) is 0 Å². The summed E-state index contributed by atoms with van der Waals surface area (Å²) in [5, 5.41) is 4.41. The molecule has 2 rings (SSSR count). The Labute approximate surface area is 220 Å². The van der Waals surface area contributed by atoms with Crippen molar-refractivity contribution >= 4 is 31.6 Å². The van der Waals surface area contributed by atoms with Crippen molar-refractivity contribution in [3.8, 4) is 5.75 Å². The van der Waals surface area contributed by atoms with Crippen molar-refractivity contribution in [2.45, 2.75) is 79.4 Å². The van der Waals surface area contributed by atoms with E-state index < -0.39 is 0 Å². The Bertz CT molecular complexity index is 870. The van der Waals surface area contributed by atoms with Crippen LogP contribution in [0.3, 0.4) is 0 Å². The van der Waals surface area contributed by atoms with E-state index in [-0.39, 0.29) is 40.2 Å². The monoisotopic (exact) mass is 580 g/mol. The van der Waals surface area contributed by atoms with Crippen LogP contribution in [0, 0.1) is 19.8 Å². The van der Waals surface area contributed by atoms with Crippen LogP contribution in [0.1, 0.15) is 78.9 Å². The van der Waals surface area contributed by atoms with Crippen molar-refractivity contribution in [3.05, 3.63) is 73.0 Å². The molecule has 0 aliphatic carbocycles. The number of ether oxygens (including phenoxy) is 1. The number of benzene rings is 2. The average Bonchev–Trinajstić information content (AvgIpc) is 2.63. The number of nitrogens with one attached hydrogen (secondary N) is 1. The van der Waals surface area contributed by atoms with Crippen LogP contribution >= 0.6 is 21.3 Å². The van der Waals surface area contributed by atoms with E-state index in [1.807, 2.05) is 54.9 Å². The molecule has 2 aromatic rings. The number of rotatable bonds is 8. The van der Waals surface area contributed by atoms with Gasteiger partial charge in [0, 0.05) is 5.54 Å². The average molecular weight is 581 g/mol. The summed E-state index contributed by atoms with van der Waals surface area (Å²) in [7, 11) is 5.72. The van der Waals surface area contributed by atoms with Crippen molar-refractivity contribution in [2.75, 3.05) is 5.32 Å². The Morgan fingerprint density at radius 2 is 1.64 bits per heavy atom. The molecule has 0 aliphatic rings. The molecule has 5 heteroatoms. The maximum Gasteiger partial charge on any atom is 0.0640 e. The van der Waals surface area contributed by atoms with Crippen molar-refractivity contribution in [1.82, 2.24) is 0 Å². The molecule has 0 atom stereocenters. The third-order valence-electron chi connectivity index (χ3n) is 4.48. The SMILES string of the molecule is CC(C)Oc1ccccc1[CH]=[Ru][Cl].[CH2-]C(C)(C)CC(C)(C)Nc1c(Cl)cccc1C(C)C.[CH3-]. The van der Waals surface area contributed by atoms with Crippen molar-refractivity contribution < 1.29 is 20.4 Å². The molecule has 2 aromatic carbocycles. The fraction of sp³-hybridized carbons (Fsp3) is 0.464. The topological polar surface area (TPSA) is 21.3 Å². The second kappa shape index (κ2) is 14.5. The summed E-state index contributed by atoms with van der Waals surface area (Å²) >= 11 is 6.18. The summed E-state index contributed by atoms with van der Waals surface area (Å²) < 4.78 is 7.66. The standard InChI is InChI=1S/C17H27ClN.C10H12O.CH3.ClH.Ru/c1-12(2)13-9-8-10-14(18)15(13)19-17(6,7)11-16(3,4)5;1-8(2)11-10-7-5-4-6-9(10)3;;;/h8-10,12,19H,3,11H2,1-2,4-7H3;3-8H,1-2H3;1H3;1H;/q-1;;-1;;+1/p-1. The molecule has 0 aliphatic heterocycles. The van der Waals surface area contributed by atoms with E-state index >= 15 is 0 Å². The molecule has 1 N–H and O–H groups in total. The first-order chi connectivity index (χ1) is 14.8. The van der Waals surface area contributed by atoms with Crippen LogP contribution in [-0.4, -0.2) is 16.3 Å². The Balaban J connectivity index is 0.000000642. The Morgan fingerprint density at radius 1 is 1.03 bits per heavy atom. The quantitative estimate of drug-likeness (QED) is 0.248. The second-order valence-corrected chi connectivity index (χ2v) is 12.3. The summed E-state index contributed by atoms with van der Waals surface area (Å²) in [6.45, 7) is 21.3. The van der Waals surface area contributed by atoms with E-state index in [1.165, 1.54) is 5.56 Å². The third kappa shape index (κ3) is 12.4. The normalized spacial score (nSPS) is 12.0. The minimum atomic E-state index is -0.191. The first-order valence-corrected chi connectivity index (χ1v) is 14.6. The molecule has 0 fully saturated rings. The van der Waals surface area contributed by atoms with E-state index in [2.05, 4.69) is 59.8 Å². The summed E-state index contributed by atoms with van der Waals surface area (Å²) in [6.07, 6.45) is 1.18. The van der Waals surface area contributed by atoms with Gasteiger partial charge in [0.05, 0.1) is 10.7 Å². The minimum absolute atomic E-state index is 0. The van der Waals surface area contributed by atoms with Crippen LogP contribution in [-0.2, 0) is 15.7 Å². The van der Waals surface area contributed by atoms with Gasteiger partial charge in [0.15, 0.2) is 0 Å². The van der Waals surface area contributed by atoms with Crippen LogP contribution < -0.4 is 10.1 Å². The molecule has 0 saturated carbocycles. The van der Waals surface area contributed by atoms with Gasteiger partial charge < -0.3 is 19.7 Å². The molecule has 0 spiro atoms. The van der Waals surface area contributed by atoms with Gasteiger partial charge in [-0.1, -0.05) is 57.8 Å². The van der Waals surface area contributed by atoms with Crippen molar-refractivity contribution in [1.29, 1.82) is 0 Å². The van der Waals surface area contributed by atoms with Crippen LogP contribution in [0.25, 0.3) is 0 Å². The largest absolute Gasteiger partial charge is 0.379 e. The number of para-hydroxylation sites is 2. The minimum Gasteiger partial charge on any atom is -0.379 e. The Hall–Kier alpha value is -0.887. The molecule has 189 valence electrons. The van der Waals surface area contributed by atoms with E-state index in [9.17, 15) is 0 Å².